The molecule has 116 valence electrons. The summed E-state index contributed by atoms with van der Waals surface area (Å²) in [6, 6.07) is 4.72. The molecule has 6 heteroatoms. The summed E-state index contributed by atoms with van der Waals surface area (Å²) in [5.41, 5.74) is 2.79. The van der Waals surface area contributed by atoms with E-state index < -0.39 is 0 Å². The van der Waals surface area contributed by atoms with Gasteiger partial charge in [0, 0.05) is 29.8 Å². The molecule has 1 aliphatic rings. The van der Waals surface area contributed by atoms with Gasteiger partial charge < -0.3 is 4.98 Å². The Morgan fingerprint density at radius 3 is 2.96 bits per heavy atom. The first-order valence-electron chi connectivity index (χ1n) is 8.04. The van der Waals surface area contributed by atoms with E-state index in [4.69, 9.17) is 5.26 Å². The Kier molecular flexibility index (Phi) is 3.54. The van der Waals surface area contributed by atoms with Crippen LogP contribution in [0.2, 0.25) is 0 Å². The highest BCUT2D eigenvalue weighted by atomic mass is 15.3. The Hall–Kier alpha value is -2.68. The van der Waals surface area contributed by atoms with Crippen molar-refractivity contribution in [3.05, 3.63) is 31.0 Å². The molecule has 3 aromatic rings. The minimum absolute atomic E-state index is 0.433. The molecule has 1 saturated carbocycles. The minimum Gasteiger partial charge on any atom is -0.346 e. The van der Waals surface area contributed by atoms with E-state index in [9.17, 15) is 0 Å². The second kappa shape index (κ2) is 5.84. The molecule has 1 fully saturated rings. The number of rotatable bonds is 3. The molecule has 0 bridgehead atoms. The molecule has 0 unspecified atom stereocenters. The molecule has 0 spiro atoms. The van der Waals surface area contributed by atoms with E-state index in [0.29, 0.717) is 18.4 Å². The van der Waals surface area contributed by atoms with E-state index in [1.54, 1.807) is 6.33 Å². The van der Waals surface area contributed by atoms with E-state index in [0.717, 1.165) is 48.0 Å². The van der Waals surface area contributed by atoms with Gasteiger partial charge in [-0.1, -0.05) is 0 Å². The summed E-state index contributed by atoms with van der Waals surface area (Å²) in [5.74, 6) is 0.563. The molecule has 0 radical (unpaired) electrons. The molecule has 0 aromatic carbocycles. The van der Waals surface area contributed by atoms with Crippen LogP contribution in [0.3, 0.4) is 0 Å². The van der Waals surface area contributed by atoms with Crippen molar-refractivity contribution in [1.29, 1.82) is 5.26 Å². The lowest BCUT2D eigenvalue weighted by Crippen LogP contribution is -2.18. The Bertz CT molecular complexity index is 847. The van der Waals surface area contributed by atoms with Gasteiger partial charge in [0.1, 0.15) is 12.0 Å². The number of aromatic amines is 1. The highest BCUT2D eigenvalue weighted by molar-refractivity contribution is 5.89. The summed E-state index contributed by atoms with van der Waals surface area (Å²) in [6.45, 7) is 0. The zero-order valence-electron chi connectivity index (χ0n) is 12.8. The molecule has 3 heterocycles. The van der Waals surface area contributed by atoms with E-state index in [1.807, 2.05) is 18.5 Å². The molecule has 6 nitrogen and oxygen atoms in total. The van der Waals surface area contributed by atoms with Gasteiger partial charge in [-0.15, -0.1) is 0 Å². The maximum absolute atomic E-state index is 8.82. The minimum atomic E-state index is 0.433. The number of aromatic nitrogens is 5. The van der Waals surface area contributed by atoms with E-state index in [1.165, 1.54) is 0 Å². The van der Waals surface area contributed by atoms with Crippen molar-refractivity contribution >= 4 is 11.0 Å². The van der Waals surface area contributed by atoms with Crippen LogP contribution in [0.25, 0.3) is 22.3 Å². The molecular weight excluding hydrogens is 288 g/mol. The average Bonchev–Trinajstić information content (AvgIpc) is 3.25. The van der Waals surface area contributed by atoms with Gasteiger partial charge in [-0.2, -0.15) is 10.4 Å². The molecule has 0 saturated heterocycles. The lowest BCUT2D eigenvalue weighted by atomic mass is 9.84. The first kappa shape index (κ1) is 13.9. The summed E-state index contributed by atoms with van der Waals surface area (Å²) < 4.78 is 2.07. The van der Waals surface area contributed by atoms with Crippen molar-refractivity contribution in [2.24, 2.45) is 5.92 Å². The highest BCUT2D eigenvalue weighted by Gasteiger charge is 2.23. The van der Waals surface area contributed by atoms with Crippen molar-refractivity contribution in [3.8, 4) is 17.3 Å². The smallest absolute Gasteiger partial charge is 0.141 e. The normalized spacial score (nSPS) is 21.3. The number of nitriles is 1. The van der Waals surface area contributed by atoms with Gasteiger partial charge in [-0.3, -0.25) is 4.68 Å². The standard InChI is InChI=1S/C17H18N6/c18-7-5-12-1-3-14(4-2-12)23-10-13(9-22-23)16-15-6-8-19-17(15)21-11-20-16/h6,8-12,14H,1-5H2,(H,19,20,21). The summed E-state index contributed by atoms with van der Waals surface area (Å²) in [5, 5.41) is 14.4. The molecule has 1 aliphatic carbocycles. The number of hydrogen-bond acceptors (Lipinski definition) is 4. The summed E-state index contributed by atoms with van der Waals surface area (Å²) in [4.78, 5) is 11.8. The number of fused-ring (bicyclic) bond motifs is 1. The van der Waals surface area contributed by atoms with Crippen LogP contribution in [0, 0.1) is 17.2 Å². The fourth-order valence-electron chi connectivity index (χ4n) is 3.51. The first-order chi connectivity index (χ1) is 11.3. The van der Waals surface area contributed by atoms with Gasteiger partial charge in [0.05, 0.1) is 24.0 Å². The van der Waals surface area contributed by atoms with Crippen LogP contribution < -0.4 is 0 Å². The Morgan fingerprint density at radius 1 is 1.26 bits per heavy atom. The number of nitrogens with one attached hydrogen (secondary N) is 1. The number of H-pyrrole nitrogens is 1. The first-order valence-corrected chi connectivity index (χ1v) is 8.04. The zero-order chi connectivity index (χ0) is 15.6. The Balaban J connectivity index is 1.56. The molecule has 0 aliphatic heterocycles. The molecule has 3 aromatic heterocycles. The van der Waals surface area contributed by atoms with Gasteiger partial charge in [-0.05, 0) is 37.7 Å². The van der Waals surface area contributed by atoms with Gasteiger partial charge in [0.15, 0.2) is 0 Å². The monoisotopic (exact) mass is 306 g/mol. The number of hydrogen-bond donors (Lipinski definition) is 1. The topological polar surface area (TPSA) is 83.2 Å². The van der Waals surface area contributed by atoms with E-state index in [2.05, 4.69) is 37.0 Å². The lowest BCUT2D eigenvalue weighted by Gasteiger charge is -2.27. The van der Waals surface area contributed by atoms with Crippen molar-refractivity contribution in [1.82, 2.24) is 24.7 Å². The Labute approximate surface area is 134 Å². The predicted octanol–water partition coefficient (Wildman–Crippen LogP) is 3.47. The molecule has 4 rings (SSSR count). The maximum atomic E-state index is 8.82. The van der Waals surface area contributed by atoms with Crippen LogP contribution >= 0.6 is 0 Å². The van der Waals surface area contributed by atoms with Crippen LogP contribution in [0.1, 0.15) is 38.1 Å². The summed E-state index contributed by atoms with van der Waals surface area (Å²) in [7, 11) is 0. The fourth-order valence-corrected chi connectivity index (χ4v) is 3.51. The van der Waals surface area contributed by atoms with Crippen LogP contribution in [0.4, 0.5) is 0 Å². The van der Waals surface area contributed by atoms with E-state index >= 15 is 0 Å². The molecule has 23 heavy (non-hydrogen) atoms. The van der Waals surface area contributed by atoms with Crippen LogP contribution in [-0.4, -0.2) is 24.7 Å². The molecular formula is C17H18N6. The Morgan fingerprint density at radius 2 is 2.13 bits per heavy atom. The second-order valence-electron chi connectivity index (χ2n) is 6.21. The lowest BCUT2D eigenvalue weighted by molar-refractivity contribution is 0.263. The maximum Gasteiger partial charge on any atom is 0.141 e. The number of nitrogens with zero attached hydrogens (tertiary/aromatic N) is 5. The molecule has 1 N–H and O–H groups in total. The fraction of sp³-hybridized carbons (Fsp3) is 0.412. The zero-order valence-corrected chi connectivity index (χ0v) is 12.8. The summed E-state index contributed by atoms with van der Waals surface area (Å²) in [6.07, 6.45) is 12.5. The van der Waals surface area contributed by atoms with Crippen molar-refractivity contribution in [2.45, 2.75) is 38.1 Å². The van der Waals surface area contributed by atoms with Gasteiger partial charge in [0.25, 0.3) is 0 Å². The van der Waals surface area contributed by atoms with Gasteiger partial charge in [0.2, 0.25) is 0 Å². The molecule has 0 amide bonds. The van der Waals surface area contributed by atoms with Gasteiger partial charge >= 0.3 is 0 Å². The SMILES string of the molecule is N#CCC1CCC(n2cc(-c3ncnc4[nH]ccc34)cn2)CC1. The van der Waals surface area contributed by atoms with E-state index in [-0.39, 0.29) is 0 Å². The third-order valence-electron chi connectivity index (χ3n) is 4.80. The van der Waals surface area contributed by atoms with Crippen LogP contribution in [0.15, 0.2) is 31.0 Å². The van der Waals surface area contributed by atoms with Crippen molar-refractivity contribution in [2.75, 3.05) is 0 Å². The quantitative estimate of drug-likeness (QED) is 0.803. The van der Waals surface area contributed by atoms with Gasteiger partial charge in [-0.25, -0.2) is 9.97 Å². The van der Waals surface area contributed by atoms with Crippen LogP contribution in [-0.2, 0) is 0 Å². The van der Waals surface area contributed by atoms with Crippen molar-refractivity contribution in [3.63, 3.8) is 0 Å². The largest absolute Gasteiger partial charge is 0.346 e. The van der Waals surface area contributed by atoms with Crippen LogP contribution in [0.5, 0.6) is 0 Å². The predicted molar refractivity (Wildman–Crippen MR) is 86.3 cm³/mol. The average molecular weight is 306 g/mol. The highest BCUT2D eigenvalue weighted by Crippen LogP contribution is 2.34. The van der Waals surface area contributed by atoms with Crippen molar-refractivity contribution < 1.29 is 0 Å². The third-order valence-corrected chi connectivity index (χ3v) is 4.80. The third kappa shape index (κ3) is 2.59. The second-order valence-corrected chi connectivity index (χ2v) is 6.21. The molecule has 0 atom stereocenters. The summed E-state index contributed by atoms with van der Waals surface area (Å²) >= 11 is 0.